The van der Waals surface area contributed by atoms with Gasteiger partial charge >= 0.3 is 6.09 Å². The van der Waals surface area contributed by atoms with Gasteiger partial charge in [-0.05, 0) is 90.5 Å². The van der Waals surface area contributed by atoms with Gasteiger partial charge in [0.15, 0.2) is 11.5 Å². The number of phenols is 1. The lowest BCUT2D eigenvalue weighted by Gasteiger charge is -2.33. The number of hydrogen-bond acceptors (Lipinski definition) is 8. The number of hydrogen-bond donors (Lipinski definition) is 3. The van der Waals surface area contributed by atoms with E-state index < -0.39 is 17.7 Å². The van der Waals surface area contributed by atoms with Crippen LogP contribution in [0.5, 0.6) is 5.75 Å². The third kappa shape index (κ3) is 7.02. The Kier molecular flexibility index (Phi) is 9.23. The van der Waals surface area contributed by atoms with Crippen molar-refractivity contribution in [2.24, 2.45) is 0 Å². The first kappa shape index (κ1) is 31.8. The van der Waals surface area contributed by atoms with Crippen LogP contribution in [-0.2, 0) is 9.53 Å². The molecule has 0 bridgehead atoms. The number of phenolic OH excluding ortho intramolecular Hbond substituents is 1. The lowest BCUT2D eigenvalue weighted by atomic mass is 9.90. The van der Waals surface area contributed by atoms with E-state index in [-0.39, 0.29) is 39.6 Å². The number of nitrogens with zero attached hydrogens (tertiary/aromatic N) is 3. The zero-order valence-electron chi connectivity index (χ0n) is 25.2. The van der Waals surface area contributed by atoms with Gasteiger partial charge < -0.3 is 20.5 Å². The number of ketones is 1. The van der Waals surface area contributed by atoms with Crippen molar-refractivity contribution in [2.75, 3.05) is 11.9 Å². The molecule has 1 saturated heterocycles. The molecular formula is C32H37Cl2N5O5. The molecule has 0 unspecified atom stereocenters. The number of fused-ring (bicyclic) bond motifs is 1. The van der Waals surface area contributed by atoms with E-state index in [4.69, 9.17) is 32.9 Å². The van der Waals surface area contributed by atoms with Crippen molar-refractivity contribution in [3.63, 3.8) is 0 Å². The lowest BCUT2D eigenvalue weighted by molar-refractivity contribution is -0.126. The van der Waals surface area contributed by atoms with Gasteiger partial charge in [0, 0.05) is 30.4 Å². The van der Waals surface area contributed by atoms with Gasteiger partial charge in [-0.15, -0.1) is 0 Å². The summed E-state index contributed by atoms with van der Waals surface area (Å²) in [7, 11) is 0. The molecule has 5 rings (SSSR count). The third-order valence-electron chi connectivity index (χ3n) is 8.01. The van der Waals surface area contributed by atoms with Crippen LogP contribution in [0.1, 0.15) is 76.6 Å². The number of rotatable bonds is 6. The second-order valence-electron chi connectivity index (χ2n) is 12.5. The van der Waals surface area contributed by atoms with Crippen molar-refractivity contribution in [3.8, 4) is 17.0 Å². The minimum absolute atomic E-state index is 0.0168. The Bertz CT molecular complexity index is 1580. The summed E-state index contributed by atoms with van der Waals surface area (Å²) in [4.78, 5) is 49.3. The normalized spacial score (nSPS) is 20.4. The minimum atomic E-state index is -0.626. The Morgan fingerprint density at radius 2 is 1.68 bits per heavy atom. The molecule has 2 aromatic heterocycles. The average molecular weight is 643 g/mol. The summed E-state index contributed by atoms with van der Waals surface area (Å²) < 4.78 is 5.51. The maximum atomic E-state index is 13.2. The number of ether oxygens (including phenoxy) is 1. The van der Waals surface area contributed by atoms with Crippen LogP contribution in [0.3, 0.4) is 0 Å². The molecule has 1 aromatic carbocycles. The smallest absolute Gasteiger partial charge is 0.410 e. The van der Waals surface area contributed by atoms with Crippen LogP contribution < -0.4 is 10.6 Å². The van der Waals surface area contributed by atoms with Crippen molar-refractivity contribution in [3.05, 3.63) is 46.1 Å². The molecule has 1 saturated carbocycles. The molecule has 2 aliphatic rings. The molecule has 1 aliphatic carbocycles. The van der Waals surface area contributed by atoms with Crippen molar-refractivity contribution >= 4 is 57.7 Å². The fraction of sp³-hybridized carbons (Fsp3) is 0.469. The van der Waals surface area contributed by atoms with E-state index in [0.29, 0.717) is 46.5 Å². The number of carbonyl (C=O) groups excluding carboxylic acids is 3. The molecule has 0 radical (unpaired) electrons. The van der Waals surface area contributed by atoms with Crippen molar-refractivity contribution in [2.45, 2.75) is 89.9 Å². The second kappa shape index (κ2) is 12.8. The largest absolute Gasteiger partial charge is 0.505 e. The summed E-state index contributed by atoms with van der Waals surface area (Å²) in [6.45, 7) is 7.44. The average Bonchev–Trinajstić information content (AvgIpc) is 3.46. The maximum Gasteiger partial charge on any atom is 0.410 e. The molecular weight excluding hydrogens is 605 g/mol. The highest BCUT2D eigenvalue weighted by Gasteiger charge is 2.37. The number of aromatic hydroxyl groups is 1. The van der Waals surface area contributed by atoms with Crippen molar-refractivity contribution in [1.29, 1.82) is 0 Å². The third-order valence-corrected chi connectivity index (χ3v) is 8.59. The quantitative estimate of drug-likeness (QED) is 0.252. The number of amides is 2. The van der Waals surface area contributed by atoms with E-state index in [2.05, 4.69) is 15.6 Å². The van der Waals surface area contributed by atoms with Crippen LogP contribution in [0.15, 0.2) is 30.5 Å². The topological polar surface area (TPSA) is 134 Å². The van der Waals surface area contributed by atoms with E-state index >= 15 is 0 Å². The van der Waals surface area contributed by atoms with Gasteiger partial charge in [-0.2, -0.15) is 0 Å². The number of halogens is 2. The van der Waals surface area contributed by atoms with Gasteiger partial charge in [-0.1, -0.05) is 23.2 Å². The molecule has 2 amide bonds. The predicted octanol–water partition coefficient (Wildman–Crippen LogP) is 6.75. The molecule has 3 heterocycles. The van der Waals surface area contributed by atoms with Crippen LogP contribution in [0.2, 0.25) is 10.0 Å². The molecule has 10 nitrogen and oxygen atoms in total. The highest BCUT2D eigenvalue weighted by molar-refractivity contribution is 6.37. The molecule has 2 fully saturated rings. The SMILES string of the molecule is CC(=O)c1cnc2ccc(-c3cc(Cl)c(O)c(Cl)c3)nc2c1NC1CCC(NC(=O)[C@@H]2CCCN2C(=O)OC(C)(C)C)CC1. The summed E-state index contributed by atoms with van der Waals surface area (Å²) in [6.07, 6.45) is 5.48. The molecule has 3 N–H and O–H groups in total. The summed E-state index contributed by atoms with van der Waals surface area (Å²) in [5, 5.41) is 16.9. The van der Waals surface area contributed by atoms with E-state index in [0.717, 1.165) is 32.1 Å². The van der Waals surface area contributed by atoms with Gasteiger partial charge in [0.05, 0.1) is 32.5 Å². The Balaban J connectivity index is 1.29. The molecule has 0 spiro atoms. The van der Waals surface area contributed by atoms with Gasteiger partial charge in [-0.25, -0.2) is 9.78 Å². The summed E-state index contributed by atoms with van der Waals surface area (Å²) in [5.41, 5.74) is 2.74. The monoisotopic (exact) mass is 641 g/mol. The van der Waals surface area contributed by atoms with Gasteiger partial charge in [0.1, 0.15) is 17.2 Å². The number of anilines is 1. The van der Waals surface area contributed by atoms with Crippen LogP contribution in [0.4, 0.5) is 10.5 Å². The Labute approximate surface area is 266 Å². The lowest BCUT2D eigenvalue weighted by Crippen LogP contribution is -2.50. The predicted molar refractivity (Wildman–Crippen MR) is 170 cm³/mol. The van der Waals surface area contributed by atoms with Gasteiger partial charge in [0.25, 0.3) is 0 Å². The number of likely N-dealkylation sites (tertiary alicyclic amines) is 1. The van der Waals surface area contributed by atoms with Crippen LogP contribution in [-0.4, -0.2) is 68.0 Å². The number of carbonyl (C=O) groups is 3. The van der Waals surface area contributed by atoms with Gasteiger partial charge in [0.2, 0.25) is 5.91 Å². The number of aromatic nitrogens is 2. The molecule has 1 aliphatic heterocycles. The number of benzene rings is 1. The molecule has 1 atom stereocenters. The number of pyridine rings is 2. The van der Waals surface area contributed by atoms with E-state index in [1.54, 1.807) is 24.4 Å². The standard InChI is InChI=1S/C32H37Cl2N5O5/c1-17(40)21-16-35-25-12-11-24(18-14-22(33)29(41)23(34)15-18)38-28(25)27(21)36-19-7-9-20(10-8-19)37-30(42)26-6-5-13-39(26)31(43)44-32(2,3)4/h11-12,14-16,19-20,26,41H,5-10,13H2,1-4H3,(H,35,36)(H,37,42)/t19?,20?,26-/m0/s1. The Morgan fingerprint density at radius 1 is 1.02 bits per heavy atom. The molecule has 12 heteroatoms. The van der Waals surface area contributed by atoms with E-state index in [9.17, 15) is 19.5 Å². The fourth-order valence-corrected chi connectivity index (χ4v) is 6.30. The zero-order chi connectivity index (χ0) is 31.8. The second-order valence-corrected chi connectivity index (χ2v) is 13.3. The van der Waals surface area contributed by atoms with Crippen LogP contribution >= 0.6 is 23.2 Å². The highest BCUT2D eigenvalue weighted by atomic mass is 35.5. The van der Waals surface area contributed by atoms with Crippen LogP contribution in [0.25, 0.3) is 22.3 Å². The number of Topliss-reactive ketones (excluding diaryl/α,β-unsaturated/α-hetero) is 1. The molecule has 3 aromatic rings. The first-order valence-corrected chi connectivity index (χ1v) is 15.6. The first-order valence-electron chi connectivity index (χ1n) is 14.9. The zero-order valence-corrected chi connectivity index (χ0v) is 26.8. The summed E-state index contributed by atoms with van der Waals surface area (Å²) in [6, 6.07) is 6.27. The van der Waals surface area contributed by atoms with E-state index in [1.807, 2.05) is 26.8 Å². The first-order chi connectivity index (χ1) is 20.8. The maximum absolute atomic E-state index is 13.2. The van der Waals surface area contributed by atoms with Crippen molar-refractivity contribution < 1.29 is 24.2 Å². The van der Waals surface area contributed by atoms with E-state index in [1.165, 1.54) is 11.8 Å². The summed E-state index contributed by atoms with van der Waals surface area (Å²) >= 11 is 12.3. The van der Waals surface area contributed by atoms with Gasteiger partial charge in [-0.3, -0.25) is 19.5 Å². The molecule has 44 heavy (non-hydrogen) atoms. The highest BCUT2D eigenvalue weighted by Crippen LogP contribution is 2.37. The Morgan fingerprint density at radius 3 is 2.32 bits per heavy atom. The summed E-state index contributed by atoms with van der Waals surface area (Å²) in [5.74, 6) is -0.483. The van der Waals surface area contributed by atoms with Crippen molar-refractivity contribution in [1.82, 2.24) is 20.2 Å². The fourth-order valence-electron chi connectivity index (χ4n) is 5.82. The Hall–Kier alpha value is -3.63. The number of nitrogens with one attached hydrogen (secondary N) is 2. The minimum Gasteiger partial charge on any atom is -0.505 e. The molecule has 234 valence electrons. The van der Waals surface area contributed by atoms with Crippen LogP contribution in [0, 0.1) is 0 Å².